The second-order valence-corrected chi connectivity index (χ2v) is 18.1. The lowest BCUT2D eigenvalue weighted by molar-refractivity contribution is -0.384. The van der Waals surface area contributed by atoms with Gasteiger partial charge in [0.1, 0.15) is 29.9 Å². The number of aliphatic hydroxyl groups is 2. The third-order valence-electron chi connectivity index (χ3n) is 13.9. The number of nitrogens with zero attached hydrogens (tertiary/aromatic N) is 3. The Morgan fingerprint density at radius 3 is 2.41 bits per heavy atom. The number of fused-ring (bicyclic) bond motifs is 4. The molecule has 1 fully saturated rings. The average molecular weight is 938 g/mol. The zero-order valence-electron chi connectivity index (χ0n) is 38.9. The van der Waals surface area contributed by atoms with Gasteiger partial charge in [0.2, 0.25) is 12.6 Å². The molecule has 5 aromatic rings. The average Bonchev–Trinajstić information content (AvgIpc) is 3.85. The fraction of sp³-hybridized carbons (Fsp3) is 0.382. The maximum absolute atomic E-state index is 15.2. The van der Waals surface area contributed by atoms with Crippen LogP contribution in [-0.2, 0) is 16.2 Å². The van der Waals surface area contributed by atoms with Gasteiger partial charge in [-0.05, 0) is 127 Å². The van der Waals surface area contributed by atoms with Crippen molar-refractivity contribution >= 4 is 28.1 Å². The van der Waals surface area contributed by atoms with Crippen LogP contribution >= 0.6 is 0 Å². The standard InChI is InChI=1S/C55H59N3O11/c1-3-25-57(54(61)40-18-23-49-50(31-40)65-35-64-49)51-33-47(56-67-34-36-15-19-41(20-16-36)58(62)63)45-30-39(13-7-9-26-59)44(14-8-10-27-60)52-46-32-43(68-42-21-17-37-11-5-6-12-38(37)29-42)22-24-48(46)69-55(51,53(45)52)66-28-4-2/h4-6,11-12,15-24,29-32,39,44,51-53,59-60H,2-3,7-10,13-14,25-28,33-35H2,1H3/t39-,44+,51-,52+,53+,55+/m0/s1. The fourth-order valence-electron chi connectivity index (χ4n) is 10.8. The van der Waals surface area contributed by atoms with Crippen LogP contribution in [0.1, 0.15) is 85.7 Å². The number of unbranched alkanes of at least 4 members (excludes halogenated alkanes) is 2. The normalized spacial score (nSPS) is 22.5. The molecule has 9 rings (SSSR count). The largest absolute Gasteiger partial charge is 0.459 e. The molecule has 1 saturated carbocycles. The van der Waals surface area contributed by atoms with Gasteiger partial charge in [0.15, 0.2) is 11.5 Å². The van der Waals surface area contributed by atoms with E-state index in [-0.39, 0.29) is 69.0 Å². The Hall–Kier alpha value is -6.74. The van der Waals surface area contributed by atoms with Crippen molar-refractivity contribution in [1.29, 1.82) is 0 Å². The molecule has 0 spiro atoms. The first kappa shape index (κ1) is 47.3. The highest BCUT2D eigenvalue weighted by Crippen LogP contribution is 2.62. The molecule has 0 saturated heterocycles. The van der Waals surface area contributed by atoms with E-state index in [0.717, 1.165) is 47.6 Å². The first-order chi connectivity index (χ1) is 33.7. The van der Waals surface area contributed by atoms with Crippen molar-refractivity contribution in [3.05, 3.63) is 154 Å². The summed E-state index contributed by atoms with van der Waals surface area (Å²) in [7, 11) is 0. The second kappa shape index (κ2) is 21.3. The van der Waals surface area contributed by atoms with Gasteiger partial charge in [0.25, 0.3) is 11.6 Å². The van der Waals surface area contributed by atoms with E-state index in [1.54, 1.807) is 36.4 Å². The molecule has 2 heterocycles. The van der Waals surface area contributed by atoms with Crippen molar-refractivity contribution in [3.63, 3.8) is 0 Å². The van der Waals surface area contributed by atoms with Crippen LogP contribution in [0.2, 0.25) is 0 Å². The predicted octanol–water partition coefficient (Wildman–Crippen LogP) is 10.7. The molecule has 69 heavy (non-hydrogen) atoms. The van der Waals surface area contributed by atoms with Crippen molar-refractivity contribution < 1.29 is 48.5 Å². The molecule has 4 aliphatic rings. The molecule has 2 N–H and O–H groups in total. The molecule has 14 heteroatoms. The molecule has 14 nitrogen and oxygen atoms in total. The molecule has 2 aliphatic carbocycles. The summed E-state index contributed by atoms with van der Waals surface area (Å²) in [6.07, 6.45) is 9.18. The number of nitro groups is 1. The number of nitro benzene ring substituents is 1. The number of allylic oxidation sites excluding steroid dienone is 1. The molecule has 360 valence electrons. The number of carbonyl (C=O) groups excluding carboxylic acids is 1. The monoisotopic (exact) mass is 937 g/mol. The van der Waals surface area contributed by atoms with E-state index in [1.807, 2.05) is 54.3 Å². The Labute approximate surface area is 401 Å². The summed E-state index contributed by atoms with van der Waals surface area (Å²) < 4.78 is 32.6. The maximum Gasteiger partial charge on any atom is 0.269 e. The Morgan fingerprint density at radius 1 is 0.899 bits per heavy atom. The fourth-order valence-corrected chi connectivity index (χ4v) is 10.8. The van der Waals surface area contributed by atoms with E-state index in [9.17, 15) is 20.3 Å². The molecular weight excluding hydrogens is 879 g/mol. The third-order valence-corrected chi connectivity index (χ3v) is 13.9. The van der Waals surface area contributed by atoms with Crippen LogP contribution in [0.15, 0.2) is 133 Å². The highest BCUT2D eigenvalue weighted by Gasteiger charge is 2.65. The lowest BCUT2D eigenvalue weighted by atomic mass is 9.55. The number of ether oxygens (including phenoxy) is 5. The van der Waals surface area contributed by atoms with Crippen LogP contribution in [0, 0.1) is 27.9 Å². The summed E-state index contributed by atoms with van der Waals surface area (Å²) in [4.78, 5) is 34.3. The summed E-state index contributed by atoms with van der Waals surface area (Å²) in [5, 5.41) is 38.6. The van der Waals surface area contributed by atoms with Gasteiger partial charge in [0.05, 0.1) is 23.2 Å². The molecule has 1 amide bonds. The Morgan fingerprint density at radius 2 is 1.64 bits per heavy atom. The number of aliphatic hydroxyl groups excluding tert-OH is 2. The minimum absolute atomic E-state index is 0.000480. The van der Waals surface area contributed by atoms with E-state index < -0.39 is 22.7 Å². The Balaban J connectivity index is 1.22. The number of rotatable bonds is 21. The van der Waals surface area contributed by atoms with Crippen LogP contribution in [0.3, 0.4) is 0 Å². The molecule has 6 atom stereocenters. The Kier molecular flexibility index (Phi) is 14.6. The molecule has 0 bridgehead atoms. The van der Waals surface area contributed by atoms with E-state index in [2.05, 4.69) is 30.9 Å². The van der Waals surface area contributed by atoms with Crippen LogP contribution in [0.25, 0.3) is 10.8 Å². The number of hydrogen-bond acceptors (Lipinski definition) is 12. The first-order valence-corrected chi connectivity index (χ1v) is 24.1. The van der Waals surface area contributed by atoms with Crippen molar-refractivity contribution in [1.82, 2.24) is 4.90 Å². The van der Waals surface area contributed by atoms with E-state index in [1.165, 1.54) is 12.1 Å². The maximum atomic E-state index is 15.2. The topological polar surface area (TPSA) is 172 Å². The van der Waals surface area contributed by atoms with E-state index >= 15 is 4.79 Å². The Bertz CT molecular complexity index is 2720. The lowest BCUT2D eigenvalue weighted by Crippen LogP contribution is -2.70. The van der Waals surface area contributed by atoms with Crippen molar-refractivity contribution in [2.75, 3.05) is 33.2 Å². The van der Waals surface area contributed by atoms with Gasteiger partial charge in [-0.2, -0.15) is 0 Å². The smallest absolute Gasteiger partial charge is 0.269 e. The zero-order chi connectivity index (χ0) is 47.9. The van der Waals surface area contributed by atoms with Gasteiger partial charge < -0.3 is 43.6 Å². The minimum atomic E-state index is -1.47. The minimum Gasteiger partial charge on any atom is -0.459 e. The summed E-state index contributed by atoms with van der Waals surface area (Å²) in [6.45, 7) is 6.79. The van der Waals surface area contributed by atoms with Crippen molar-refractivity contribution in [2.24, 2.45) is 22.9 Å². The molecule has 0 unspecified atom stereocenters. The van der Waals surface area contributed by atoms with Crippen LogP contribution < -0.4 is 18.9 Å². The predicted molar refractivity (Wildman–Crippen MR) is 261 cm³/mol. The molecule has 5 aromatic carbocycles. The number of amides is 1. The van der Waals surface area contributed by atoms with Crippen molar-refractivity contribution in [2.45, 2.75) is 82.6 Å². The van der Waals surface area contributed by atoms with Crippen LogP contribution in [0.4, 0.5) is 5.69 Å². The number of non-ortho nitro benzene ring substituents is 1. The second-order valence-electron chi connectivity index (χ2n) is 18.1. The van der Waals surface area contributed by atoms with Gasteiger partial charge in [-0.25, -0.2) is 0 Å². The molecular formula is C55H59N3O11. The van der Waals surface area contributed by atoms with Crippen molar-refractivity contribution in [3.8, 4) is 28.7 Å². The van der Waals surface area contributed by atoms with Gasteiger partial charge in [0, 0.05) is 55.4 Å². The zero-order valence-corrected chi connectivity index (χ0v) is 38.9. The molecule has 0 aromatic heterocycles. The third kappa shape index (κ3) is 9.79. The summed E-state index contributed by atoms with van der Waals surface area (Å²) >= 11 is 0. The van der Waals surface area contributed by atoms with Gasteiger partial charge >= 0.3 is 0 Å². The molecule has 0 radical (unpaired) electrons. The molecule has 2 aliphatic heterocycles. The van der Waals surface area contributed by atoms with Gasteiger partial charge in [-0.15, -0.1) is 6.58 Å². The van der Waals surface area contributed by atoms with Gasteiger partial charge in [-0.1, -0.05) is 67.4 Å². The lowest BCUT2D eigenvalue weighted by Gasteiger charge is -2.60. The highest BCUT2D eigenvalue weighted by molar-refractivity contribution is 6.03. The van der Waals surface area contributed by atoms with E-state index in [0.29, 0.717) is 71.4 Å². The highest BCUT2D eigenvalue weighted by atomic mass is 16.7. The van der Waals surface area contributed by atoms with Crippen LogP contribution in [0.5, 0.6) is 28.7 Å². The summed E-state index contributed by atoms with van der Waals surface area (Å²) in [5.41, 5.74) is 3.53. The van der Waals surface area contributed by atoms with Gasteiger partial charge in [-0.3, -0.25) is 14.9 Å². The number of benzene rings is 5. The van der Waals surface area contributed by atoms with E-state index in [4.69, 9.17) is 33.7 Å². The summed E-state index contributed by atoms with van der Waals surface area (Å²) in [6, 6.07) is 30.7. The number of oxime groups is 1. The number of hydrogen-bond donors (Lipinski definition) is 2. The summed E-state index contributed by atoms with van der Waals surface area (Å²) in [5.74, 6) is 0.459. The van der Waals surface area contributed by atoms with Crippen LogP contribution in [-0.4, -0.2) is 76.6 Å². The SMILES string of the molecule is C=CCO[C@@]12Oc3ccc(Oc4ccc5ccccc5c4)cc3[C@H]3[C@H](CCCCO)[C@@H](CCCCO)C=C(C(=NOCc4ccc([N+](=O)[O-])cc4)C[C@@H]1N(CCC)C(=O)c1ccc4c(c1)OCO4)[C@H]32. The number of carbonyl (C=O) groups is 1. The quantitative estimate of drug-likeness (QED) is 0.0310. The first-order valence-electron chi connectivity index (χ1n) is 24.1.